The minimum absolute atomic E-state index is 0.150. The van der Waals surface area contributed by atoms with Crippen molar-refractivity contribution in [3.63, 3.8) is 0 Å². The van der Waals surface area contributed by atoms with Gasteiger partial charge in [0, 0.05) is 50.6 Å². The van der Waals surface area contributed by atoms with Crippen LogP contribution in [0.3, 0.4) is 0 Å². The molecule has 0 unspecified atom stereocenters. The normalized spacial score (nSPS) is 13.8. The van der Waals surface area contributed by atoms with Gasteiger partial charge in [-0.3, -0.25) is 4.79 Å². The van der Waals surface area contributed by atoms with Crippen LogP contribution in [0.2, 0.25) is 0 Å². The zero-order chi connectivity index (χ0) is 28.7. The van der Waals surface area contributed by atoms with Crippen molar-refractivity contribution in [3.05, 3.63) is 48.8 Å². The molecule has 3 aromatic rings. The average Bonchev–Trinajstić information content (AvgIpc) is 2.93. The summed E-state index contributed by atoms with van der Waals surface area (Å²) in [5.74, 6) is 1.28. The van der Waals surface area contributed by atoms with Gasteiger partial charge in [-0.2, -0.15) is 4.98 Å². The lowest BCUT2D eigenvalue weighted by Crippen LogP contribution is -2.48. The van der Waals surface area contributed by atoms with Gasteiger partial charge in [0.25, 0.3) is 0 Å². The number of ether oxygens (including phenoxy) is 1. The first-order valence-electron chi connectivity index (χ1n) is 13.0. The monoisotopic (exact) mass is 568 g/mol. The lowest BCUT2D eigenvalue weighted by atomic mass is 10.2. The highest BCUT2D eigenvalue weighted by Gasteiger charge is 2.22. The number of piperazine rings is 1. The van der Waals surface area contributed by atoms with E-state index >= 15 is 0 Å². The molecular weight excluding hydrogens is 532 g/mol. The van der Waals surface area contributed by atoms with E-state index in [0.717, 1.165) is 38.0 Å². The molecule has 2 aromatic carbocycles. The van der Waals surface area contributed by atoms with Gasteiger partial charge in [0.05, 0.1) is 23.4 Å². The molecule has 2 heterocycles. The van der Waals surface area contributed by atoms with E-state index in [1.807, 2.05) is 37.2 Å². The van der Waals surface area contributed by atoms with Crippen LogP contribution in [-0.2, 0) is 14.6 Å². The van der Waals surface area contributed by atoms with E-state index < -0.39 is 9.84 Å². The molecule has 1 amide bonds. The number of para-hydroxylation sites is 1. The highest BCUT2D eigenvalue weighted by molar-refractivity contribution is 7.90. The van der Waals surface area contributed by atoms with Gasteiger partial charge in [-0.15, -0.1) is 0 Å². The third-order valence-corrected chi connectivity index (χ3v) is 7.68. The highest BCUT2D eigenvalue weighted by atomic mass is 32.2. The van der Waals surface area contributed by atoms with Gasteiger partial charge >= 0.3 is 0 Å². The maximum Gasteiger partial charge on any atom is 0.232 e. The zero-order valence-corrected chi connectivity index (χ0v) is 24.1. The summed E-state index contributed by atoms with van der Waals surface area (Å²) in [5, 5.41) is 6.12. The Morgan fingerprint density at radius 1 is 1.00 bits per heavy atom. The van der Waals surface area contributed by atoms with Crippen molar-refractivity contribution in [2.45, 2.75) is 17.7 Å². The first-order valence-corrected chi connectivity index (χ1v) is 14.9. The van der Waals surface area contributed by atoms with Crippen LogP contribution in [0.4, 0.5) is 29.0 Å². The number of nitrogens with one attached hydrogen (secondary N) is 2. The minimum Gasteiger partial charge on any atom is -0.494 e. The maximum atomic E-state index is 12.5. The summed E-state index contributed by atoms with van der Waals surface area (Å²) < 4.78 is 29.9. The van der Waals surface area contributed by atoms with E-state index in [0.29, 0.717) is 36.6 Å². The molecule has 0 spiro atoms. The molecule has 1 aliphatic heterocycles. The van der Waals surface area contributed by atoms with E-state index in [2.05, 4.69) is 35.4 Å². The number of hydrogen-bond donors (Lipinski definition) is 2. The Hall–Kier alpha value is -3.97. The topological polar surface area (TPSA) is 133 Å². The number of hydrogen-bond acceptors (Lipinski definition) is 11. The predicted molar refractivity (Wildman–Crippen MR) is 156 cm³/mol. The summed E-state index contributed by atoms with van der Waals surface area (Å²) in [7, 11) is 2.18. The quantitative estimate of drug-likeness (QED) is 0.354. The van der Waals surface area contributed by atoms with Crippen molar-refractivity contribution in [3.8, 4) is 5.75 Å². The molecule has 214 valence electrons. The van der Waals surface area contributed by atoms with Gasteiger partial charge < -0.3 is 30.1 Å². The molecule has 13 heteroatoms. The molecule has 0 bridgehead atoms. The smallest absolute Gasteiger partial charge is 0.232 e. The fraction of sp³-hybridized carbons (Fsp3) is 0.407. The van der Waals surface area contributed by atoms with E-state index in [4.69, 9.17) is 4.74 Å². The molecule has 1 aromatic heterocycles. The first kappa shape index (κ1) is 29.0. The van der Waals surface area contributed by atoms with Crippen molar-refractivity contribution in [2.75, 3.05) is 75.7 Å². The third kappa shape index (κ3) is 7.57. The van der Waals surface area contributed by atoms with Gasteiger partial charge in [-0.05, 0) is 51.3 Å². The van der Waals surface area contributed by atoms with Crippen molar-refractivity contribution < 1.29 is 17.9 Å². The number of amides is 1. The molecule has 0 atom stereocenters. The minimum atomic E-state index is -3.44. The second-order valence-electron chi connectivity index (χ2n) is 9.81. The Morgan fingerprint density at radius 3 is 2.33 bits per heavy atom. The van der Waals surface area contributed by atoms with Crippen LogP contribution < -0.4 is 20.3 Å². The van der Waals surface area contributed by atoms with Gasteiger partial charge in [-0.1, -0.05) is 12.1 Å². The molecular formula is C27H36N8O4S. The number of aromatic nitrogens is 3. The first-order chi connectivity index (χ1) is 19.1. The molecule has 12 nitrogen and oxygen atoms in total. The van der Waals surface area contributed by atoms with Crippen molar-refractivity contribution in [2.24, 2.45) is 0 Å². The number of carbonyl (C=O) groups is 1. The Bertz CT molecular complexity index is 1430. The molecule has 1 aliphatic rings. The maximum absolute atomic E-state index is 12.5. The average molecular weight is 569 g/mol. The Kier molecular flexibility index (Phi) is 9.38. The number of anilines is 5. The van der Waals surface area contributed by atoms with Crippen LogP contribution in [0, 0.1) is 0 Å². The third-order valence-electron chi connectivity index (χ3n) is 6.53. The second-order valence-corrected chi connectivity index (χ2v) is 11.8. The second kappa shape index (κ2) is 12.9. The lowest BCUT2D eigenvalue weighted by Gasteiger charge is -2.36. The molecule has 0 aliphatic carbocycles. The molecule has 0 saturated carbocycles. The standard InChI is InChI=1S/C27H36N8O4S/c1-33(2)13-7-10-25(36)35-16-14-34(15-17-35)20-11-12-21(23(18-20)39-3)30-26-28-19-29-27(32-26)31-22-8-5-6-9-24(22)40(4,37)38/h5-6,8-9,11-12,18-19H,7,10,13-17H2,1-4H3,(H2,28,29,30,31,32). The molecule has 40 heavy (non-hydrogen) atoms. The summed E-state index contributed by atoms with van der Waals surface area (Å²) >= 11 is 0. The van der Waals surface area contributed by atoms with Crippen LogP contribution in [0.25, 0.3) is 0 Å². The van der Waals surface area contributed by atoms with Gasteiger partial charge in [0.1, 0.15) is 12.1 Å². The summed E-state index contributed by atoms with van der Waals surface area (Å²) in [4.78, 5) is 31.7. The van der Waals surface area contributed by atoms with Gasteiger partial charge in [0.2, 0.25) is 17.8 Å². The number of rotatable bonds is 11. The van der Waals surface area contributed by atoms with Crippen molar-refractivity contribution in [1.82, 2.24) is 24.8 Å². The highest BCUT2D eigenvalue weighted by Crippen LogP contribution is 2.32. The molecule has 4 rings (SSSR count). The lowest BCUT2D eigenvalue weighted by molar-refractivity contribution is -0.131. The summed E-state index contributed by atoms with van der Waals surface area (Å²) in [6.45, 7) is 3.77. The van der Waals surface area contributed by atoms with Gasteiger partial charge in [-0.25, -0.2) is 18.4 Å². The van der Waals surface area contributed by atoms with Crippen LogP contribution >= 0.6 is 0 Å². The fourth-order valence-electron chi connectivity index (χ4n) is 4.45. The number of carbonyl (C=O) groups excluding carboxylic acids is 1. The number of sulfone groups is 1. The number of benzene rings is 2. The largest absolute Gasteiger partial charge is 0.494 e. The summed E-state index contributed by atoms with van der Waals surface area (Å²) in [6.07, 6.45) is 3.93. The van der Waals surface area contributed by atoms with E-state index in [1.54, 1.807) is 25.3 Å². The Labute approximate surface area is 235 Å². The molecule has 1 fully saturated rings. The van der Waals surface area contributed by atoms with Crippen molar-refractivity contribution >= 4 is 44.7 Å². The van der Waals surface area contributed by atoms with Crippen LogP contribution in [0.1, 0.15) is 12.8 Å². The molecule has 2 N–H and O–H groups in total. The zero-order valence-electron chi connectivity index (χ0n) is 23.3. The summed E-state index contributed by atoms with van der Waals surface area (Å²) in [6, 6.07) is 12.4. The van der Waals surface area contributed by atoms with Crippen LogP contribution in [-0.4, -0.2) is 99.3 Å². The van der Waals surface area contributed by atoms with E-state index in [1.165, 1.54) is 12.4 Å². The Balaban J connectivity index is 1.40. The van der Waals surface area contributed by atoms with E-state index in [-0.39, 0.29) is 22.7 Å². The molecule has 1 saturated heterocycles. The van der Waals surface area contributed by atoms with E-state index in [9.17, 15) is 13.2 Å². The molecule has 0 radical (unpaired) electrons. The SMILES string of the molecule is COc1cc(N2CCN(C(=O)CCCN(C)C)CC2)ccc1Nc1ncnc(Nc2ccccc2S(C)(=O)=O)n1. The van der Waals surface area contributed by atoms with Crippen LogP contribution in [0.15, 0.2) is 53.7 Å². The van der Waals surface area contributed by atoms with Crippen LogP contribution in [0.5, 0.6) is 5.75 Å². The number of nitrogens with zero attached hydrogens (tertiary/aromatic N) is 6. The fourth-order valence-corrected chi connectivity index (χ4v) is 5.29. The predicted octanol–water partition coefficient (Wildman–Crippen LogP) is 2.76. The van der Waals surface area contributed by atoms with Crippen molar-refractivity contribution in [1.29, 1.82) is 0 Å². The summed E-state index contributed by atoms with van der Waals surface area (Å²) in [5.41, 5.74) is 2.03. The van der Waals surface area contributed by atoms with Gasteiger partial charge in [0.15, 0.2) is 9.84 Å². The number of methoxy groups -OCH3 is 1. The Morgan fingerprint density at radius 2 is 1.68 bits per heavy atom.